The molecule has 2 fully saturated rings. The van der Waals surface area contributed by atoms with Gasteiger partial charge in [-0.25, -0.2) is 0 Å². The molecule has 1 amide bonds. The van der Waals surface area contributed by atoms with Crippen LogP contribution in [-0.2, 0) is 4.79 Å². The molecule has 2 rings (SSSR count). The Morgan fingerprint density at radius 3 is 2.57 bits per heavy atom. The topological polar surface area (TPSA) is 52.6 Å². The molecule has 122 valence electrons. The number of aliphatic hydroxyl groups excluding tert-OH is 1. The Labute approximate surface area is 129 Å². The first-order chi connectivity index (χ1) is 10.3. The van der Waals surface area contributed by atoms with Crippen LogP contribution in [0, 0.1) is 11.8 Å². The van der Waals surface area contributed by atoms with Crippen LogP contribution < -0.4 is 5.32 Å². The van der Waals surface area contributed by atoms with Crippen molar-refractivity contribution in [2.24, 2.45) is 11.8 Å². The third-order valence-corrected chi connectivity index (χ3v) is 5.16. The smallest absolute Gasteiger partial charge is 0.222 e. The second kappa shape index (κ2) is 9.42. The number of likely N-dealkylation sites (tertiary alicyclic amines) is 1. The normalized spacial score (nSPS) is 24.2. The van der Waals surface area contributed by atoms with Crippen LogP contribution in [0.5, 0.6) is 0 Å². The minimum absolute atomic E-state index is 0.286. The molecular weight excluding hydrogens is 264 g/mol. The first-order valence-corrected chi connectivity index (χ1v) is 8.89. The van der Waals surface area contributed by atoms with Gasteiger partial charge in [0.1, 0.15) is 0 Å². The van der Waals surface area contributed by atoms with Crippen molar-refractivity contribution in [2.45, 2.75) is 57.8 Å². The number of aliphatic hydroxyl groups is 1. The van der Waals surface area contributed by atoms with Gasteiger partial charge in [0.2, 0.25) is 5.91 Å². The van der Waals surface area contributed by atoms with Crippen molar-refractivity contribution in [3.63, 3.8) is 0 Å². The van der Waals surface area contributed by atoms with Crippen LogP contribution >= 0.6 is 0 Å². The lowest BCUT2D eigenvalue weighted by Crippen LogP contribution is -2.38. The number of hydrogen-bond donors (Lipinski definition) is 2. The van der Waals surface area contributed by atoms with E-state index in [4.69, 9.17) is 5.11 Å². The molecule has 1 unspecified atom stereocenters. The van der Waals surface area contributed by atoms with Gasteiger partial charge in [0.25, 0.3) is 0 Å². The number of rotatable bonds is 7. The average Bonchev–Trinajstić information content (AvgIpc) is 2.53. The van der Waals surface area contributed by atoms with E-state index in [0.717, 1.165) is 51.1 Å². The molecule has 2 N–H and O–H groups in total. The second-order valence-electron chi connectivity index (χ2n) is 6.79. The average molecular weight is 296 g/mol. The zero-order chi connectivity index (χ0) is 14.9. The Bertz CT molecular complexity index is 295. The maximum Gasteiger partial charge on any atom is 0.222 e. The van der Waals surface area contributed by atoms with Gasteiger partial charge in [0.05, 0.1) is 0 Å². The van der Waals surface area contributed by atoms with Crippen LogP contribution in [0.1, 0.15) is 57.8 Å². The Morgan fingerprint density at radius 1 is 1.10 bits per heavy atom. The molecule has 1 atom stereocenters. The molecule has 0 aromatic rings. The van der Waals surface area contributed by atoms with Gasteiger partial charge < -0.3 is 15.3 Å². The Hall–Kier alpha value is -0.610. The lowest BCUT2D eigenvalue weighted by Gasteiger charge is -2.32. The monoisotopic (exact) mass is 296 g/mol. The first kappa shape index (κ1) is 16.8. The third-order valence-electron chi connectivity index (χ3n) is 5.16. The van der Waals surface area contributed by atoms with Crippen molar-refractivity contribution in [1.82, 2.24) is 10.2 Å². The second-order valence-corrected chi connectivity index (χ2v) is 6.79. The van der Waals surface area contributed by atoms with E-state index in [2.05, 4.69) is 5.32 Å². The van der Waals surface area contributed by atoms with Gasteiger partial charge in [-0.15, -0.1) is 0 Å². The molecule has 0 aliphatic carbocycles. The van der Waals surface area contributed by atoms with E-state index in [1.54, 1.807) is 0 Å². The predicted octanol–water partition coefficient (Wildman–Crippen LogP) is 2.17. The fourth-order valence-corrected chi connectivity index (χ4v) is 3.69. The van der Waals surface area contributed by atoms with Crippen molar-refractivity contribution < 1.29 is 9.90 Å². The van der Waals surface area contributed by atoms with Crippen molar-refractivity contribution in [1.29, 1.82) is 0 Å². The van der Waals surface area contributed by atoms with Gasteiger partial charge >= 0.3 is 0 Å². The summed E-state index contributed by atoms with van der Waals surface area (Å²) in [5, 5.41) is 12.4. The van der Waals surface area contributed by atoms with Crippen LogP contribution in [-0.4, -0.2) is 48.7 Å². The summed E-state index contributed by atoms with van der Waals surface area (Å²) < 4.78 is 0. The number of carbonyl (C=O) groups is 1. The standard InChI is InChI=1S/C17H32N2O2/c20-13-9-15-7-11-19(12-8-15)17(21)6-2-1-4-16-5-3-10-18-14-16/h15-16,18,20H,1-14H2. The largest absolute Gasteiger partial charge is 0.396 e. The van der Waals surface area contributed by atoms with E-state index in [1.165, 1.54) is 38.8 Å². The highest BCUT2D eigenvalue weighted by atomic mass is 16.3. The van der Waals surface area contributed by atoms with Crippen LogP contribution in [0.25, 0.3) is 0 Å². The highest BCUT2D eigenvalue weighted by Crippen LogP contribution is 2.22. The van der Waals surface area contributed by atoms with Crippen LogP contribution in [0.2, 0.25) is 0 Å². The van der Waals surface area contributed by atoms with Crippen LogP contribution in [0.15, 0.2) is 0 Å². The summed E-state index contributed by atoms with van der Waals surface area (Å²) in [6, 6.07) is 0. The maximum atomic E-state index is 12.2. The van der Waals surface area contributed by atoms with Crippen LogP contribution in [0.3, 0.4) is 0 Å². The van der Waals surface area contributed by atoms with Gasteiger partial charge in [-0.1, -0.05) is 6.42 Å². The molecule has 0 bridgehead atoms. The van der Waals surface area contributed by atoms with E-state index in [9.17, 15) is 4.79 Å². The van der Waals surface area contributed by atoms with Crippen molar-refractivity contribution in [2.75, 3.05) is 32.8 Å². The zero-order valence-corrected chi connectivity index (χ0v) is 13.4. The summed E-state index contributed by atoms with van der Waals surface area (Å²) in [5.74, 6) is 1.81. The Balaban J connectivity index is 1.53. The fraction of sp³-hybridized carbons (Fsp3) is 0.941. The highest BCUT2D eigenvalue weighted by molar-refractivity contribution is 5.76. The number of amides is 1. The number of hydrogen-bond acceptors (Lipinski definition) is 3. The molecule has 0 aromatic carbocycles. The summed E-state index contributed by atoms with van der Waals surface area (Å²) in [5.41, 5.74) is 0. The SMILES string of the molecule is O=C(CCCCC1CCCNC1)N1CCC(CCO)CC1. The molecule has 2 aliphatic rings. The molecule has 2 aliphatic heterocycles. The number of carbonyl (C=O) groups excluding carboxylic acids is 1. The number of unbranched alkanes of at least 4 members (excludes halogenated alkanes) is 1. The molecule has 0 spiro atoms. The summed E-state index contributed by atoms with van der Waals surface area (Å²) in [4.78, 5) is 14.2. The van der Waals surface area contributed by atoms with E-state index >= 15 is 0 Å². The Morgan fingerprint density at radius 2 is 1.90 bits per heavy atom. The molecule has 0 radical (unpaired) electrons. The molecule has 0 saturated carbocycles. The van der Waals surface area contributed by atoms with Gasteiger partial charge in [-0.2, -0.15) is 0 Å². The van der Waals surface area contributed by atoms with E-state index in [-0.39, 0.29) is 6.61 Å². The molecule has 4 heteroatoms. The van der Waals surface area contributed by atoms with Crippen molar-refractivity contribution in [3.05, 3.63) is 0 Å². The third kappa shape index (κ3) is 5.95. The molecule has 0 aromatic heterocycles. The molecule has 2 heterocycles. The molecular formula is C17H32N2O2. The lowest BCUT2D eigenvalue weighted by molar-refractivity contribution is -0.132. The fourth-order valence-electron chi connectivity index (χ4n) is 3.69. The first-order valence-electron chi connectivity index (χ1n) is 8.89. The highest BCUT2D eigenvalue weighted by Gasteiger charge is 2.22. The molecule has 4 nitrogen and oxygen atoms in total. The van der Waals surface area contributed by atoms with E-state index in [1.807, 2.05) is 4.90 Å². The minimum atomic E-state index is 0.286. The predicted molar refractivity (Wildman–Crippen MR) is 85.1 cm³/mol. The van der Waals surface area contributed by atoms with Crippen molar-refractivity contribution in [3.8, 4) is 0 Å². The molecule has 2 saturated heterocycles. The Kier molecular flexibility index (Phi) is 7.51. The zero-order valence-electron chi connectivity index (χ0n) is 13.4. The van der Waals surface area contributed by atoms with Crippen LogP contribution in [0.4, 0.5) is 0 Å². The minimum Gasteiger partial charge on any atom is -0.396 e. The van der Waals surface area contributed by atoms with E-state index < -0.39 is 0 Å². The van der Waals surface area contributed by atoms with Gasteiger partial charge in [0, 0.05) is 26.1 Å². The number of nitrogens with one attached hydrogen (secondary N) is 1. The summed E-state index contributed by atoms with van der Waals surface area (Å²) >= 11 is 0. The van der Waals surface area contributed by atoms with Crippen molar-refractivity contribution >= 4 is 5.91 Å². The summed E-state index contributed by atoms with van der Waals surface area (Å²) in [6.07, 6.45) is 9.96. The summed E-state index contributed by atoms with van der Waals surface area (Å²) in [6.45, 7) is 4.44. The molecule has 21 heavy (non-hydrogen) atoms. The summed E-state index contributed by atoms with van der Waals surface area (Å²) in [7, 11) is 0. The van der Waals surface area contributed by atoms with Gasteiger partial charge in [-0.05, 0) is 69.9 Å². The van der Waals surface area contributed by atoms with Gasteiger partial charge in [0.15, 0.2) is 0 Å². The number of nitrogens with zero attached hydrogens (tertiary/aromatic N) is 1. The number of piperidine rings is 2. The van der Waals surface area contributed by atoms with Gasteiger partial charge in [-0.3, -0.25) is 4.79 Å². The maximum absolute atomic E-state index is 12.2. The van der Waals surface area contributed by atoms with E-state index in [0.29, 0.717) is 11.8 Å². The quantitative estimate of drug-likeness (QED) is 0.708. The lowest BCUT2D eigenvalue weighted by atomic mass is 9.93.